The molecule has 1 heterocycles. The topological polar surface area (TPSA) is 9.23 Å². The van der Waals surface area contributed by atoms with E-state index in [2.05, 4.69) is 0 Å². The molecule has 1 aliphatic heterocycles. The molecule has 0 N–H and O–H groups in total. The molecule has 1 nitrogen and oxygen atoms in total. The van der Waals surface area contributed by atoms with E-state index < -0.39 is 0 Å². The molecule has 0 aromatic rings. The molecule has 1 aliphatic carbocycles. The summed E-state index contributed by atoms with van der Waals surface area (Å²) in [5, 5.41) is 0.481. The van der Waals surface area contributed by atoms with Gasteiger partial charge in [-0.05, 0) is 43.9 Å². The first-order valence-electron chi connectivity index (χ1n) is 6.08. The van der Waals surface area contributed by atoms with Crippen LogP contribution in [0.5, 0.6) is 0 Å². The molecule has 2 rings (SSSR count). The molecular weight excluding hydrogens is 196 g/mol. The van der Waals surface area contributed by atoms with Gasteiger partial charge in [-0.25, -0.2) is 0 Å². The van der Waals surface area contributed by atoms with Crippen molar-refractivity contribution < 1.29 is 4.74 Å². The van der Waals surface area contributed by atoms with E-state index in [0.29, 0.717) is 5.38 Å². The van der Waals surface area contributed by atoms with Crippen LogP contribution in [0.1, 0.15) is 44.9 Å². The van der Waals surface area contributed by atoms with E-state index in [1.165, 1.54) is 44.9 Å². The Bertz CT molecular complexity index is 162. The molecule has 0 bridgehead atoms. The van der Waals surface area contributed by atoms with Crippen molar-refractivity contribution in [2.24, 2.45) is 11.8 Å². The zero-order chi connectivity index (χ0) is 9.80. The zero-order valence-corrected chi connectivity index (χ0v) is 9.64. The van der Waals surface area contributed by atoms with Crippen molar-refractivity contribution in [2.45, 2.75) is 50.3 Å². The normalized spacial score (nSPS) is 26.4. The molecular formula is C12H21ClO. The fourth-order valence-electron chi connectivity index (χ4n) is 2.33. The Hall–Kier alpha value is 0.250. The Morgan fingerprint density at radius 2 is 1.86 bits per heavy atom. The van der Waals surface area contributed by atoms with Crippen LogP contribution in [0.2, 0.25) is 0 Å². The summed E-state index contributed by atoms with van der Waals surface area (Å²) in [5.41, 5.74) is 0. The molecule has 1 atom stereocenters. The van der Waals surface area contributed by atoms with Crippen molar-refractivity contribution in [3.8, 4) is 0 Å². The Balaban J connectivity index is 1.52. The Morgan fingerprint density at radius 1 is 1.14 bits per heavy atom. The van der Waals surface area contributed by atoms with Gasteiger partial charge in [0.2, 0.25) is 0 Å². The average Bonchev–Trinajstić information content (AvgIpc) is 3.02. The number of alkyl halides is 1. The Morgan fingerprint density at radius 3 is 2.50 bits per heavy atom. The van der Waals surface area contributed by atoms with Crippen molar-refractivity contribution in [2.75, 3.05) is 13.2 Å². The molecule has 0 spiro atoms. The van der Waals surface area contributed by atoms with Crippen molar-refractivity contribution in [3.63, 3.8) is 0 Å². The largest absolute Gasteiger partial charge is 0.381 e. The van der Waals surface area contributed by atoms with Crippen LogP contribution in [0.15, 0.2) is 0 Å². The van der Waals surface area contributed by atoms with Gasteiger partial charge in [0, 0.05) is 18.6 Å². The van der Waals surface area contributed by atoms with Gasteiger partial charge in [0.15, 0.2) is 0 Å². The second-order valence-corrected chi connectivity index (χ2v) is 5.40. The summed E-state index contributed by atoms with van der Waals surface area (Å²) in [6.45, 7) is 1.97. The molecule has 2 aliphatic rings. The van der Waals surface area contributed by atoms with E-state index in [4.69, 9.17) is 16.3 Å². The van der Waals surface area contributed by atoms with Crippen molar-refractivity contribution in [1.82, 2.24) is 0 Å². The van der Waals surface area contributed by atoms with E-state index in [1.807, 2.05) is 0 Å². The molecule has 82 valence electrons. The highest BCUT2D eigenvalue weighted by molar-refractivity contribution is 6.20. The predicted octanol–water partition coefficient (Wildman–Crippen LogP) is 3.60. The van der Waals surface area contributed by atoms with Gasteiger partial charge >= 0.3 is 0 Å². The maximum atomic E-state index is 6.27. The van der Waals surface area contributed by atoms with Gasteiger partial charge in [0.1, 0.15) is 0 Å². The first kappa shape index (κ1) is 10.8. The molecule has 2 fully saturated rings. The lowest BCUT2D eigenvalue weighted by Gasteiger charge is -2.22. The van der Waals surface area contributed by atoms with Crippen LogP contribution in [0.3, 0.4) is 0 Å². The highest BCUT2D eigenvalue weighted by atomic mass is 35.5. The van der Waals surface area contributed by atoms with Gasteiger partial charge in [-0.3, -0.25) is 0 Å². The minimum atomic E-state index is 0.481. The van der Waals surface area contributed by atoms with Crippen LogP contribution in [-0.2, 0) is 4.74 Å². The molecule has 2 heteroatoms. The number of rotatable bonds is 5. The van der Waals surface area contributed by atoms with Gasteiger partial charge in [0.05, 0.1) is 0 Å². The zero-order valence-electron chi connectivity index (χ0n) is 8.88. The number of hydrogen-bond donors (Lipinski definition) is 0. The summed E-state index contributed by atoms with van der Waals surface area (Å²) in [4.78, 5) is 0. The quantitative estimate of drug-likeness (QED) is 0.639. The van der Waals surface area contributed by atoms with Crippen molar-refractivity contribution >= 4 is 11.6 Å². The third-order valence-electron chi connectivity index (χ3n) is 3.57. The van der Waals surface area contributed by atoms with Crippen molar-refractivity contribution in [3.05, 3.63) is 0 Å². The third kappa shape index (κ3) is 3.43. The average molecular weight is 217 g/mol. The predicted molar refractivity (Wildman–Crippen MR) is 59.8 cm³/mol. The van der Waals surface area contributed by atoms with Crippen LogP contribution < -0.4 is 0 Å². The summed E-state index contributed by atoms with van der Waals surface area (Å²) in [6, 6.07) is 0. The molecule has 1 saturated carbocycles. The second-order valence-electron chi connectivity index (χ2n) is 4.84. The fraction of sp³-hybridized carbons (Fsp3) is 1.00. The lowest BCUT2D eigenvalue weighted by molar-refractivity contribution is 0.0631. The molecule has 0 amide bonds. The van der Waals surface area contributed by atoms with E-state index >= 15 is 0 Å². The monoisotopic (exact) mass is 216 g/mol. The first-order chi connectivity index (χ1) is 6.86. The van der Waals surface area contributed by atoms with Gasteiger partial charge in [0.25, 0.3) is 0 Å². The molecule has 1 unspecified atom stereocenters. The molecule has 1 saturated heterocycles. The summed E-state index contributed by atoms with van der Waals surface area (Å²) >= 11 is 6.27. The summed E-state index contributed by atoms with van der Waals surface area (Å²) in [7, 11) is 0. The van der Waals surface area contributed by atoms with E-state index in [1.54, 1.807) is 0 Å². The minimum Gasteiger partial charge on any atom is -0.381 e. The van der Waals surface area contributed by atoms with E-state index in [0.717, 1.165) is 25.0 Å². The molecule has 14 heavy (non-hydrogen) atoms. The minimum absolute atomic E-state index is 0.481. The SMILES string of the molecule is ClC(CCCC1CCOCC1)C1CC1. The smallest absolute Gasteiger partial charge is 0.0468 e. The lowest BCUT2D eigenvalue weighted by Crippen LogP contribution is -2.16. The molecule has 0 radical (unpaired) electrons. The van der Waals surface area contributed by atoms with Crippen LogP contribution in [0.4, 0.5) is 0 Å². The maximum Gasteiger partial charge on any atom is 0.0468 e. The van der Waals surface area contributed by atoms with E-state index in [9.17, 15) is 0 Å². The van der Waals surface area contributed by atoms with Crippen LogP contribution in [0.25, 0.3) is 0 Å². The number of halogens is 1. The number of hydrogen-bond acceptors (Lipinski definition) is 1. The van der Waals surface area contributed by atoms with Crippen LogP contribution in [0, 0.1) is 11.8 Å². The third-order valence-corrected chi connectivity index (χ3v) is 4.14. The van der Waals surface area contributed by atoms with Crippen LogP contribution >= 0.6 is 11.6 Å². The molecule has 0 aromatic heterocycles. The lowest BCUT2D eigenvalue weighted by atomic mass is 9.93. The highest BCUT2D eigenvalue weighted by Crippen LogP contribution is 2.38. The van der Waals surface area contributed by atoms with Gasteiger partial charge < -0.3 is 4.74 Å². The van der Waals surface area contributed by atoms with Gasteiger partial charge in [-0.15, -0.1) is 11.6 Å². The summed E-state index contributed by atoms with van der Waals surface area (Å²) < 4.78 is 5.35. The maximum absolute atomic E-state index is 6.27. The van der Waals surface area contributed by atoms with Gasteiger partial charge in [-0.1, -0.05) is 12.8 Å². The second kappa shape index (κ2) is 5.37. The fourth-order valence-corrected chi connectivity index (χ4v) is 2.74. The standard InChI is InChI=1S/C12H21ClO/c13-12(11-4-5-11)3-1-2-10-6-8-14-9-7-10/h10-12H,1-9H2. The first-order valence-corrected chi connectivity index (χ1v) is 6.51. The van der Waals surface area contributed by atoms with E-state index in [-0.39, 0.29) is 0 Å². The highest BCUT2D eigenvalue weighted by Gasteiger charge is 2.29. The summed E-state index contributed by atoms with van der Waals surface area (Å²) in [6.07, 6.45) is 9.25. The Kier molecular flexibility index (Phi) is 4.12. The van der Waals surface area contributed by atoms with Crippen LogP contribution in [-0.4, -0.2) is 18.6 Å². The van der Waals surface area contributed by atoms with Crippen molar-refractivity contribution in [1.29, 1.82) is 0 Å². The molecule has 0 aromatic carbocycles. The number of ether oxygens (including phenoxy) is 1. The van der Waals surface area contributed by atoms with Gasteiger partial charge in [-0.2, -0.15) is 0 Å². The Labute approximate surface area is 92.2 Å². The summed E-state index contributed by atoms with van der Waals surface area (Å²) in [5.74, 6) is 1.79.